The molecule has 0 saturated carbocycles. The van der Waals surface area contributed by atoms with Crippen LogP contribution in [0.25, 0.3) is 6.08 Å². The van der Waals surface area contributed by atoms with E-state index in [-0.39, 0.29) is 5.75 Å². The molecule has 1 aliphatic rings. The lowest BCUT2D eigenvalue weighted by molar-refractivity contribution is 0.474. The van der Waals surface area contributed by atoms with Gasteiger partial charge >= 0.3 is 0 Å². The first-order chi connectivity index (χ1) is 6.36. The highest BCUT2D eigenvalue weighted by molar-refractivity contribution is 5.40. The normalized spacial score (nSPS) is 13.5. The van der Waals surface area contributed by atoms with Crippen molar-refractivity contribution < 1.29 is 5.11 Å². The Morgan fingerprint density at radius 3 is 2.92 bits per heavy atom. The molecule has 1 heterocycles. The number of rotatable bonds is 0. The average molecular weight is 171 g/mol. The minimum Gasteiger partial charge on any atom is -0.508 e. The van der Waals surface area contributed by atoms with E-state index >= 15 is 0 Å². The van der Waals surface area contributed by atoms with Crippen molar-refractivity contribution in [1.29, 1.82) is 0 Å². The lowest BCUT2D eigenvalue weighted by Gasteiger charge is -1.92. The third-order valence-electron chi connectivity index (χ3n) is 1.81. The minimum absolute atomic E-state index is 0.267. The Kier molecular flexibility index (Phi) is 1.96. The molecule has 64 valence electrons. The van der Waals surface area contributed by atoms with Crippen LogP contribution >= 0.6 is 0 Å². The molecule has 2 heteroatoms. The van der Waals surface area contributed by atoms with E-state index in [1.165, 1.54) is 0 Å². The first kappa shape index (κ1) is 7.80. The van der Waals surface area contributed by atoms with Gasteiger partial charge in [0, 0.05) is 11.4 Å². The van der Waals surface area contributed by atoms with Gasteiger partial charge in [-0.3, -0.25) is 4.99 Å². The topological polar surface area (TPSA) is 32.6 Å². The molecule has 0 amide bonds. The van der Waals surface area contributed by atoms with Gasteiger partial charge in [0.2, 0.25) is 0 Å². The lowest BCUT2D eigenvalue weighted by atomic mass is 10.2. The van der Waals surface area contributed by atoms with Gasteiger partial charge in [0.25, 0.3) is 0 Å². The maximum atomic E-state index is 9.25. The first-order valence-electron chi connectivity index (χ1n) is 4.07. The summed E-state index contributed by atoms with van der Waals surface area (Å²) in [4.78, 5) is 4.21. The van der Waals surface area contributed by atoms with E-state index in [0.717, 1.165) is 10.6 Å². The molecule has 0 unspecified atom stereocenters. The van der Waals surface area contributed by atoms with Gasteiger partial charge in [0.1, 0.15) is 5.75 Å². The van der Waals surface area contributed by atoms with E-state index < -0.39 is 0 Å². The van der Waals surface area contributed by atoms with Crippen molar-refractivity contribution in [3.63, 3.8) is 0 Å². The van der Waals surface area contributed by atoms with Gasteiger partial charge in [0.05, 0.1) is 5.36 Å². The highest BCUT2D eigenvalue weighted by Crippen LogP contribution is 1.98. The van der Waals surface area contributed by atoms with Crippen molar-refractivity contribution in [2.75, 3.05) is 0 Å². The van der Waals surface area contributed by atoms with Crippen LogP contribution in [0.5, 0.6) is 5.75 Å². The summed E-state index contributed by atoms with van der Waals surface area (Å²) in [6.07, 6.45) is 9.34. The van der Waals surface area contributed by atoms with Crippen molar-refractivity contribution in [3.8, 4) is 5.75 Å². The van der Waals surface area contributed by atoms with Gasteiger partial charge in [-0.2, -0.15) is 0 Å². The van der Waals surface area contributed by atoms with Crippen LogP contribution in [-0.4, -0.2) is 5.11 Å². The maximum Gasteiger partial charge on any atom is 0.116 e. The van der Waals surface area contributed by atoms with Crippen LogP contribution in [0.2, 0.25) is 0 Å². The second-order valence-corrected chi connectivity index (χ2v) is 2.77. The summed E-state index contributed by atoms with van der Waals surface area (Å²) in [7, 11) is 0. The van der Waals surface area contributed by atoms with Crippen molar-refractivity contribution in [2.24, 2.45) is 4.99 Å². The van der Waals surface area contributed by atoms with Gasteiger partial charge in [-0.1, -0.05) is 18.2 Å². The van der Waals surface area contributed by atoms with E-state index in [2.05, 4.69) is 4.99 Å². The first-order valence-corrected chi connectivity index (χ1v) is 4.07. The Morgan fingerprint density at radius 2 is 2.00 bits per heavy atom. The van der Waals surface area contributed by atoms with Crippen LogP contribution < -0.4 is 10.6 Å². The van der Waals surface area contributed by atoms with Crippen LogP contribution in [0.1, 0.15) is 0 Å². The number of phenols is 1. The average Bonchev–Trinajstić information content (AvgIpc) is 2.08. The van der Waals surface area contributed by atoms with Crippen molar-refractivity contribution in [3.05, 3.63) is 53.2 Å². The zero-order valence-corrected chi connectivity index (χ0v) is 7.01. The quantitative estimate of drug-likeness (QED) is 0.617. The number of benzene rings is 1. The minimum atomic E-state index is 0.267. The lowest BCUT2D eigenvalue weighted by Crippen LogP contribution is -2.23. The number of fused-ring (bicyclic) bond motifs is 1. The number of phenolic OH excluding ortho intramolecular Hbond substituents is 1. The standard InChI is InChI=1S/C11H9NO/c13-10-5-6-11-9(8-10)4-2-1-3-7-12-11/h1-8,13H. The number of aromatic hydroxyl groups is 1. The molecule has 0 aliphatic carbocycles. The smallest absolute Gasteiger partial charge is 0.116 e. The Morgan fingerprint density at radius 1 is 1.08 bits per heavy atom. The molecule has 1 aromatic rings. The molecular formula is C11H9NO. The third-order valence-corrected chi connectivity index (χ3v) is 1.81. The van der Waals surface area contributed by atoms with Crippen molar-refractivity contribution in [2.45, 2.75) is 0 Å². The molecule has 0 fully saturated rings. The highest BCUT2D eigenvalue weighted by Gasteiger charge is 1.89. The summed E-state index contributed by atoms with van der Waals surface area (Å²) >= 11 is 0. The molecule has 0 radical (unpaired) electrons. The molecule has 13 heavy (non-hydrogen) atoms. The summed E-state index contributed by atoms with van der Waals surface area (Å²) in [5, 5.41) is 11.1. The number of hydrogen-bond donors (Lipinski definition) is 1. The molecule has 0 spiro atoms. The van der Waals surface area contributed by atoms with Crippen LogP contribution in [0.4, 0.5) is 0 Å². The summed E-state index contributed by atoms with van der Waals surface area (Å²) in [6.45, 7) is 0. The maximum absolute atomic E-state index is 9.25. The monoisotopic (exact) mass is 171 g/mol. The fourth-order valence-electron chi connectivity index (χ4n) is 1.19. The van der Waals surface area contributed by atoms with Gasteiger partial charge in [-0.25, -0.2) is 0 Å². The second-order valence-electron chi connectivity index (χ2n) is 2.77. The Hall–Kier alpha value is -1.83. The molecule has 1 aromatic carbocycles. The van der Waals surface area contributed by atoms with Crippen LogP contribution in [0, 0.1) is 0 Å². The fraction of sp³-hybridized carbons (Fsp3) is 0. The van der Waals surface area contributed by atoms with E-state index in [1.54, 1.807) is 24.4 Å². The third kappa shape index (κ3) is 1.67. The molecule has 0 aromatic heterocycles. The van der Waals surface area contributed by atoms with E-state index in [9.17, 15) is 5.11 Å². The zero-order valence-electron chi connectivity index (χ0n) is 7.01. The van der Waals surface area contributed by atoms with Crippen LogP contribution in [0.15, 0.2) is 47.6 Å². The Balaban J connectivity index is 2.79. The van der Waals surface area contributed by atoms with Crippen molar-refractivity contribution >= 4 is 6.08 Å². The van der Waals surface area contributed by atoms with Gasteiger partial charge < -0.3 is 5.11 Å². The SMILES string of the molecule is Oc1ccc2c(c1)=CC=CC=CN=2. The molecule has 2 rings (SSSR count). The summed E-state index contributed by atoms with van der Waals surface area (Å²) in [5.41, 5.74) is 0. The number of nitrogens with zero attached hydrogens (tertiary/aromatic N) is 1. The number of allylic oxidation sites excluding steroid dienone is 3. The zero-order chi connectivity index (χ0) is 9.10. The molecule has 0 saturated heterocycles. The van der Waals surface area contributed by atoms with Gasteiger partial charge in [-0.15, -0.1) is 0 Å². The van der Waals surface area contributed by atoms with Crippen LogP contribution in [0.3, 0.4) is 0 Å². The van der Waals surface area contributed by atoms with E-state index in [1.807, 2.05) is 24.3 Å². The molecular weight excluding hydrogens is 162 g/mol. The summed E-state index contributed by atoms with van der Waals surface area (Å²) in [6, 6.07) is 5.13. The second kappa shape index (κ2) is 3.27. The van der Waals surface area contributed by atoms with Gasteiger partial charge in [-0.05, 0) is 24.3 Å². The molecule has 1 aliphatic heterocycles. The fourth-order valence-corrected chi connectivity index (χ4v) is 1.19. The van der Waals surface area contributed by atoms with E-state index in [4.69, 9.17) is 0 Å². The molecule has 2 nitrogen and oxygen atoms in total. The summed E-state index contributed by atoms with van der Waals surface area (Å²) < 4.78 is 0. The van der Waals surface area contributed by atoms with Crippen molar-refractivity contribution in [1.82, 2.24) is 0 Å². The molecule has 1 N–H and O–H groups in total. The summed E-state index contributed by atoms with van der Waals surface area (Å²) in [5.74, 6) is 0.267. The predicted molar refractivity (Wildman–Crippen MR) is 51.6 cm³/mol. The van der Waals surface area contributed by atoms with E-state index in [0.29, 0.717) is 0 Å². The largest absolute Gasteiger partial charge is 0.508 e. The van der Waals surface area contributed by atoms with Gasteiger partial charge in [0.15, 0.2) is 0 Å². The molecule has 0 bridgehead atoms. The Bertz CT molecular complexity index is 483. The predicted octanol–water partition coefficient (Wildman–Crippen LogP) is 0.876. The highest BCUT2D eigenvalue weighted by atomic mass is 16.3. The Labute approximate surface area is 75.9 Å². The number of hydrogen-bond acceptors (Lipinski definition) is 2. The molecule has 0 atom stereocenters. The van der Waals surface area contributed by atoms with Crippen LogP contribution in [-0.2, 0) is 0 Å².